The smallest absolute Gasteiger partial charge is 0.175 e. The molecule has 4 rings (SSSR count). The number of benzene rings is 1. The normalized spacial score (nSPS) is 18.7. The van der Waals surface area contributed by atoms with Gasteiger partial charge in [0.1, 0.15) is 11.7 Å². The molecule has 1 aliphatic carbocycles. The first kappa shape index (κ1) is 17.7. The van der Waals surface area contributed by atoms with Crippen LogP contribution in [0.25, 0.3) is 0 Å². The zero-order chi connectivity index (χ0) is 18.6. The molecule has 27 heavy (non-hydrogen) atoms. The summed E-state index contributed by atoms with van der Waals surface area (Å²) in [5.74, 6) is 2.22. The first-order valence-corrected chi connectivity index (χ1v) is 9.64. The highest BCUT2D eigenvalue weighted by atomic mass is 15.3. The number of hydrogen-bond donors (Lipinski definition) is 3. The topological polar surface area (TPSA) is 97.4 Å². The number of nitrogens with one attached hydrogen (secondary N) is 2. The van der Waals surface area contributed by atoms with Crippen LogP contribution in [-0.2, 0) is 6.54 Å². The summed E-state index contributed by atoms with van der Waals surface area (Å²) >= 11 is 0. The second kappa shape index (κ2) is 7.92. The molecule has 142 valence electrons. The number of amidine groups is 2. The Morgan fingerprint density at radius 3 is 2.63 bits per heavy atom. The lowest BCUT2D eigenvalue weighted by atomic mass is 10.2. The summed E-state index contributed by atoms with van der Waals surface area (Å²) in [6, 6.07) is 12.5. The van der Waals surface area contributed by atoms with Gasteiger partial charge in [-0.15, -0.1) is 0 Å². The number of aromatic amines is 1. The van der Waals surface area contributed by atoms with Crippen LogP contribution in [0.4, 0.5) is 5.82 Å². The zero-order valence-electron chi connectivity index (χ0n) is 15.6. The average Bonchev–Trinajstić information content (AvgIpc) is 3.43. The van der Waals surface area contributed by atoms with Gasteiger partial charge in [-0.1, -0.05) is 30.3 Å². The quantitative estimate of drug-likeness (QED) is 0.541. The van der Waals surface area contributed by atoms with Gasteiger partial charge in [0, 0.05) is 50.4 Å². The largest absolute Gasteiger partial charge is 0.387 e. The molecule has 1 aromatic carbocycles. The van der Waals surface area contributed by atoms with Crippen LogP contribution in [0.1, 0.15) is 36.4 Å². The van der Waals surface area contributed by atoms with Gasteiger partial charge in [-0.25, -0.2) is 4.99 Å². The zero-order valence-corrected chi connectivity index (χ0v) is 15.6. The molecule has 1 aromatic heterocycles. The summed E-state index contributed by atoms with van der Waals surface area (Å²) in [5.41, 5.74) is 8.54. The number of nitrogens with zero attached hydrogens (tertiary/aromatic N) is 4. The minimum Gasteiger partial charge on any atom is -0.387 e. The third-order valence-electron chi connectivity index (χ3n) is 5.21. The highest BCUT2D eigenvalue weighted by Crippen LogP contribution is 2.39. The van der Waals surface area contributed by atoms with Crippen LogP contribution >= 0.6 is 0 Å². The van der Waals surface area contributed by atoms with Crippen LogP contribution in [0, 0.1) is 5.41 Å². The summed E-state index contributed by atoms with van der Waals surface area (Å²) in [5, 5.41) is 15.6. The molecular formula is C20H27N7. The fourth-order valence-corrected chi connectivity index (χ4v) is 3.47. The predicted molar refractivity (Wildman–Crippen MR) is 107 cm³/mol. The van der Waals surface area contributed by atoms with Gasteiger partial charge in [0.25, 0.3) is 0 Å². The molecule has 0 spiro atoms. The van der Waals surface area contributed by atoms with Crippen molar-refractivity contribution in [1.29, 1.82) is 5.41 Å². The highest BCUT2D eigenvalue weighted by molar-refractivity contribution is 6.01. The second-order valence-corrected chi connectivity index (χ2v) is 7.43. The van der Waals surface area contributed by atoms with E-state index in [1.807, 2.05) is 12.1 Å². The Bertz CT molecular complexity index is 799. The SMILES string of the molecule is N=C(CC(N)=Nc1cc(C2CC2)[nH]n1)N1CCN(Cc2ccccc2)CC1. The minimum atomic E-state index is 0.365. The molecule has 0 radical (unpaired) electrons. The summed E-state index contributed by atoms with van der Waals surface area (Å²) in [6.45, 7) is 4.59. The molecule has 1 saturated heterocycles. The van der Waals surface area contributed by atoms with Crippen molar-refractivity contribution in [2.45, 2.75) is 31.7 Å². The fraction of sp³-hybridized carbons (Fsp3) is 0.450. The van der Waals surface area contributed by atoms with E-state index in [-0.39, 0.29) is 0 Å². The van der Waals surface area contributed by atoms with Crippen molar-refractivity contribution in [1.82, 2.24) is 20.0 Å². The first-order valence-electron chi connectivity index (χ1n) is 9.64. The van der Waals surface area contributed by atoms with Gasteiger partial charge in [0.15, 0.2) is 5.82 Å². The Morgan fingerprint density at radius 1 is 1.19 bits per heavy atom. The molecule has 2 heterocycles. The molecule has 2 fully saturated rings. The van der Waals surface area contributed by atoms with E-state index in [1.54, 1.807) is 0 Å². The minimum absolute atomic E-state index is 0.365. The van der Waals surface area contributed by atoms with Gasteiger partial charge in [-0.3, -0.25) is 15.4 Å². The maximum Gasteiger partial charge on any atom is 0.175 e. The number of hydrogen-bond acceptors (Lipinski definition) is 4. The van der Waals surface area contributed by atoms with Gasteiger partial charge in [0.2, 0.25) is 0 Å². The summed E-state index contributed by atoms with van der Waals surface area (Å²) in [4.78, 5) is 8.90. The molecule has 0 atom stereocenters. The molecule has 1 aliphatic heterocycles. The highest BCUT2D eigenvalue weighted by Gasteiger charge is 2.25. The van der Waals surface area contributed by atoms with Crippen molar-refractivity contribution >= 4 is 17.5 Å². The Morgan fingerprint density at radius 2 is 1.93 bits per heavy atom. The molecule has 7 heteroatoms. The van der Waals surface area contributed by atoms with Crippen LogP contribution in [0.2, 0.25) is 0 Å². The molecule has 0 unspecified atom stereocenters. The number of nitrogens with two attached hydrogens (primary N) is 1. The number of aromatic nitrogens is 2. The Kier molecular flexibility index (Phi) is 5.20. The monoisotopic (exact) mass is 365 g/mol. The maximum atomic E-state index is 8.37. The van der Waals surface area contributed by atoms with Gasteiger partial charge < -0.3 is 10.6 Å². The molecular weight excluding hydrogens is 338 g/mol. The maximum absolute atomic E-state index is 8.37. The lowest BCUT2D eigenvalue weighted by Crippen LogP contribution is -2.48. The summed E-state index contributed by atoms with van der Waals surface area (Å²) < 4.78 is 0. The third-order valence-corrected chi connectivity index (χ3v) is 5.21. The van der Waals surface area contributed by atoms with E-state index in [0.717, 1.165) is 38.4 Å². The van der Waals surface area contributed by atoms with Crippen LogP contribution in [0.3, 0.4) is 0 Å². The predicted octanol–water partition coefficient (Wildman–Crippen LogP) is 2.46. The molecule has 1 saturated carbocycles. The lowest BCUT2D eigenvalue weighted by molar-refractivity contribution is 0.174. The number of H-pyrrole nitrogens is 1. The van der Waals surface area contributed by atoms with Crippen molar-refractivity contribution in [2.75, 3.05) is 26.2 Å². The van der Waals surface area contributed by atoms with E-state index < -0.39 is 0 Å². The van der Waals surface area contributed by atoms with E-state index in [4.69, 9.17) is 11.1 Å². The van der Waals surface area contributed by atoms with Crippen molar-refractivity contribution in [3.63, 3.8) is 0 Å². The summed E-state index contributed by atoms with van der Waals surface area (Å²) in [7, 11) is 0. The first-order chi connectivity index (χ1) is 13.2. The van der Waals surface area contributed by atoms with Gasteiger partial charge in [-0.05, 0) is 18.4 Å². The van der Waals surface area contributed by atoms with Gasteiger partial charge in [0.05, 0.1) is 6.42 Å². The third kappa shape index (κ3) is 4.74. The van der Waals surface area contributed by atoms with Crippen LogP contribution in [0.15, 0.2) is 41.4 Å². The van der Waals surface area contributed by atoms with E-state index in [0.29, 0.717) is 29.8 Å². The van der Waals surface area contributed by atoms with Crippen molar-refractivity contribution in [3.05, 3.63) is 47.7 Å². The number of aliphatic imine (C=N–C) groups is 1. The van der Waals surface area contributed by atoms with Gasteiger partial charge >= 0.3 is 0 Å². The van der Waals surface area contributed by atoms with Crippen molar-refractivity contribution < 1.29 is 0 Å². The Labute approximate surface area is 159 Å². The fourth-order valence-electron chi connectivity index (χ4n) is 3.47. The molecule has 0 amide bonds. The van der Waals surface area contributed by atoms with Crippen molar-refractivity contribution in [3.8, 4) is 0 Å². The molecule has 7 nitrogen and oxygen atoms in total. The van der Waals surface area contributed by atoms with E-state index in [2.05, 4.69) is 49.3 Å². The van der Waals surface area contributed by atoms with E-state index in [1.165, 1.54) is 18.4 Å². The van der Waals surface area contributed by atoms with E-state index in [9.17, 15) is 0 Å². The number of piperazine rings is 1. The van der Waals surface area contributed by atoms with Crippen LogP contribution < -0.4 is 5.73 Å². The summed E-state index contributed by atoms with van der Waals surface area (Å²) in [6.07, 6.45) is 2.81. The molecule has 2 aromatic rings. The average molecular weight is 365 g/mol. The van der Waals surface area contributed by atoms with Crippen LogP contribution in [-0.4, -0.2) is 57.8 Å². The molecule has 2 aliphatic rings. The van der Waals surface area contributed by atoms with Crippen molar-refractivity contribution in [2.24, 2.45) is 10.7 Å². The van der Waals surface area contributed by atoms with Crippen LogP contribution in [0.5, 0.6) is 0 Å². The standard InChI is InChI=1S/C20H27N7/c21-18(23-20-12-17(24-25-20)16-6-7-16)13-19(22)27-10-8-26(9-11-27)14-15-4-2-1-3-5-15/h1-5,12,16,22H,6-11,13-14H2,(H3,21,23,24,25). The number of rotatable bonds is 6. The molecule has 0 bridgehead atoms. The Hall–Kier alpha value is -2.67. The lowest BCUT2D eigenvalue weighted by Gasteiger charge is -2.36. The second-order valence-electron chi connectivity index (χ2n) is 7.43. The van der Waals surface area contributed by atoms with E-state index >= 15 is 0 Å². The van der Waals surface area contributed by atoms with Gasteiger partial charge in [-0.2, -0.15) is 5.10 Å². The Balaban J connectivity index is 1.25. The molecule has 4 N–H and O–H groups in total.